The molecule has 1 atom stereocenters. The molecule has 0 amide bonds. The fourth-order valence-corrected chi connectivity index (χ4v) is 2.26. The quantitative estimate of drug-likeness (QED) is 0.828. The second kappa shape index (κ2) is 5.58. The Hall–Kier alpha value is -0.960. The number of rotatable bonds is 4. The molecule has 1 rings (SSSR count). The van der Waals surface area contributed by atoms with Crippen molar-refractivity contribution < 1.29 is 9.90 Å². The molecule has 1 unspecified atom stereocenters. The second-order valence-electron chi connectivity index (χ2n) is 5.32. The van der Waals surface area contributed by atoms with Crippen molar-refractivity contribution in [1.82, 2.24) is 0 Å². The van der Waals surface area contributed by atoms with Crippen molar-refractivity contribution >= 4 is 17.7 Å². The molecular formula is C14H20O2S. The van der Waals surface area contributed by atoms with Crippen LogP contribution in [0.25, 0.3) is 0 Å². The Morgan fingerprint density at radius 3 is 2.24 bits per heavy atom. The molecule has 0 saturated carbocycles. The number of aliphatic carboxylic acids is 1. The van der Waals surface area contributed by atoms with Crippen molar-refractivity contribution in [2.45, 2.75) is 38.0 Å². The molecular weight excluding hydrogens is 232 g/mol. The largest absolute Gasteiger partial charge is 0.481 e. The number of hydrogen-bond acceptors (Lipinski definition) is 2. The second-order valence-corrected chi connectivity index (χ2v) is 6.42. The maximum Gasteiger partial charge on any atom is 0.307 e. The molecule has 1 aromatic rings. The number of carboxylic acid groups (broad SMARTS) is 1. The van der Waals surface area contributed by atoms with E-state index >= 15 is 0 Å². The third-order valence-corrected chi connectivity index (χ3v) is 3.91. The van der Waals surface area contributed by atoms with E-state index < -0.39 is 5.97 Å². The molecule has 0 aliphatic heterocycles. The van der Waals surface area contributed by atoms with Gasteiger partial charge in [-0.1, -0.05) is 39.8 Å². The summed E-state index contributed by atoms with van der Waals surface area (Å²) in [5, 5.41) is 8.80. The van der Waals surface area contributed by atoms with E-state index in [1.807, 2.05) is 0 Å². The van der Waals surface area contributed by atoms with Crippen LogP contribution in [-0.4, -0.2) is 16.8 Å². The number of carboxylic acids is 1. The summed E-state index contributed by atoms with van der Waals surface area (Å²) in [4.78, 5) is 11.8. The lowest BCUT2D eigenvalue weighted by Crippen LogP contribution is -2.12. The Labute approximate surface area is 107 Å². The first-order chi connectivity index (χ1) is 7.80. The van der Waals surface area contributed by atoms with Gasteiger partial charge in [-0.05, 0) is 23.1 Å². The van der Waals surface area contributed by atoms with Gasteiger partial charge in [-0.3, -0.25) is 4.79 Å². The van der Waals surface area contributed by atoms with Crippen LogP contribution in [0.2, 0.25) is 0 Å². The highest BCUT2D eigenvalue weighted by Gasteiger charge is 2.14. The van der Waals surface area contributed by atoms with Gasteiger partial charge in [-0.15, -0.1) is 11.8 Å². The number of benzene rings is 1. The number of hydrogen-bond donors (Lipinski definition) is 1. The Morgan fingerprint density at radius 1 is 1.29 bits per heavy atom. The van der Waals surface area contributed by atoms with Gasteiger partial charge in [0, 0.05) is 10.6 Å². The number of thioether (sulfide) groups is 1. The minimum absolute atomic E-state index is 0.164. The fraction of sp³-hybridized carbons (Fsp3) is 0.500. The van der Waals surface area contributed by atoms with E-state index in [1.165, 1.54) is 5.56 Å². The molecule has 0 fully saturated rings. The van der Waals surface area contributed by atoms with E-state index in [4.69, 9.17) is 5.11 Å². The summed E-state index contributed by atoms with van der Waals surface area (Å²) in [6.07, 6.45) is 0. The zero-order valence-corrected chi connectivity index (χ0v) is 11.7. The van der Waals surface area contributed by atoms with E-state index in [9.17, 15) is 4.79 Å². The van der Waals surface area contributed by atoms with Crippen LogP contribution >= 0.6 is 11.8 Å². The molecule has 17 heavy (non-hydrogen) atoms. The highest BCUT2D eigenvalue weighted by molar-refractivity contribution is 7.99. The lowest BCUT2D eigenvalue weighted by atomic mass is 9.87. The zero-order chi connectivity index (χ0) is 13.1. The monoisotopic (exact) mass is 252 g/mol. The fourth-order valence-electron chi connectivity index (χ4n) is 1.34. The molecule has 0 spiro atoms. The van der Waals surface area contributed by atoms with Gasteiger partial charge in [0.2, 0.25) is 0 Å². The van der Waals surface area contributed by atoms with Crippen molar-refractivity contribution in [3.8, 4) is 0 Å². The Morgan fingerprint density at radius 2 is 1.82 bits per heavy atom. The molecule has 1 N–H and O–H groups in total. The highest BCUT2D eigenvalue weighted by Crippen LogP contribution is 2.26. The average Bonchev–Trinajstić information content (AvgIpc) is 2.25. The first-order valence-electron chi connectivity index (χ1n) is 5.77. The Balaban J connectivity index is 2.60. The maximum absolute atomic E-state index is 10.7. The summed E-state index contributed by atoms with van der Waals surface area (Å²) in [5.74, 6) is -0.421. The van der Waals surface area contributed by atoms with E-state index in [0.29, 0.717) is 5.75 Å². The number of carbonyl (C=O) groups is 1. The molecule has 94 valence electrons. The van der Waals surface area contributed by atoms with Crippen LogP contribution in [0.4, 0.5) is 0 Å². The van der Waals surface area contributed by atoms with Gasteiger partial charge in [0.05, 0.1) is 5.92 Å². The Bertz CT molecular complexity index is 376. The smallest absolute Gasteiger partial charge is 0.307 e. The third-order valence-electron chi connectivity index (χ3n) is 2.64. The van der Waals surface area contributed by atoms with E-state index in [2.05, 4.69) is 45.0 Å². The summed E-state index contributed by atoms with van der Waals surface area (Å²) < 4.78 is 0. The van der Waals surface area contributed by atoms with Crippen LogP contribution in [0.1, 0.15) is 33.3 Å². The van der Waals surface area contributed by atoms with Gasteiger partial charge in [-0.25, -0.2) is 0 Å². The lowest BCUT2D eigenvalue weighted by molar-refractivity contribution is -0.140. The standard InChI is InChI=1S/C14H20O2S/c1-10(13(15)16)9-17-12-7-5-11(6-8-12)14(2,3)4/h5-8,10H,9H2,1-4H3,(H,15,16). The van der Waals surface area contributed by atoms with Gasteiger partial charge < -0.3 is 5.11 Å². The molecule has 0 heterocycles. The summed E-state index contributed by atoms with van der Waals surface area (Å²) in [5.41, 5.74) is 1.46. The van der Waals surface area contributed by atoms with Gasteiger partial charge in [0.15, 0.2) is 0 Å². The van der Waals surface area contributed by atoms with E-state index in [-0.39, 0.29) is 11.3 Å². The van der Waals surface area contributed by atoms with Gasteiger partial charge >= 0.3 is 5.97 Å². The van der Waals surface area contributed by atoms with Crippen LogP contribution in [0.15, 0.2) is 29.2 Å². The molecule has 0 aliphatic carbocycles. The van der Waals surface area contributed by atoms with Crippen molar-refractivity contribution in [2.24, 2.45) is 5.92 Å². The summed E-state index contributed by atoms with van der Waals surface area (Å²) in [7, 11) is 0. The molecule has 0 saturated heterocycles. The minimum atomic E-state index is -0.733. The van der Waals surface area contributed by atoms with E-state index in [1.54, 1.807) is 18.7 Å². The first kappa shape index (κ1) is 14.1. The molecule has 1 aromatic carbocycles. The molecule has 0 aliphatic rings. The van der Waals surface area contributed by atoms with Crippen LogP contribution < -0.4 is 0 Å². The van der Waals surface area contributed by atoms with Crippen molar-refractivity contribution in [2.75, 3.05) is 5.75 Å². The minimum Gasteiger partial charge on any atom is -0.481 e. The van der Waals surface area contributed by atoms with Crippen molar-refractivity contribution in [1.29, 1.82) is 0 Å². The third kappa shape index (κ3) is 4.43. The topological polar surface area (TPSA) is 37.3 Å². The predicted octanol–water partition coefficient (Wildman–Crippen LogP) is 3.80. The molecule has 0 bridgehead atoms. The molecule has 3 heteroatoms. The van der Waals surface area contributed by atoms with Gasteiger partial charge in [0.1, 0.15) is 0 Å². The lowest BCUT2D eigenvalue weighted by Gasteiger charge is -2.19. The Kier molecular flexibility index (Phi) is 4.63. The van der Waals surface area contributed by atoms with Gasteiger partial charge in [-0.2, -0.15) is 0 Å². The normalized spacial score (nSPS) is 13.4. The van der Waals surface area contributed by atoms with Crippen LogP contribution in [-0.2, 0) is 10.2 Å². The van der Waals surface area contributed by atoms with Crippen LogP contribution in [0, 0.1) is 5.92 Å². The van der Waals surface area contributed by atoms with Gasteiger partial charge in [0.25, 0.3) is 0 Å². The maximum atomic E-state index is 10.7. The highest BCUT2D eigenvalue weighted by atomic mass is 32.2. The first-order valence-corrected chi connectivity index (χ1v) is 6.75. The summed E-state index contributed by atoms with van der Waals surface area (Å²) in [6, 6.07) is 8.38. The SMILES string of the molecule is CC(CSc1ccc(C(C)(C)C)cc1)C(=O)O. The average molecular weight is 252 g/mol. The summed E-state index contributed by atoms with van der Waals surface area (Å²) >= 11 is 1.60. The zero-order valence-electron chi connectivity index (χ0n) is 10.9. The van der Waals surface area contributed by atoms with Crippen LogP contribution in [0.5, 0.6) is 0 Å². The van der Waals surface area contributed by atoms with Crippen molar-refractivity contribution in [3.05, 3.63) is 29.8 Å². The van der Waals surface area contributed by atoms with Crippen molar-refractivity contribution in [3.63, 3.8) is 0 Å². The predicted molar refractivity (Wildman–Crippen MR) is 72.7 cm³/mol. The summed E-state index contributed by atoms with van der Waals surface area (Å²) in [6.45, 7) is 8.28. The van der Waals surface area contributed by atoms with Crippen LogP contribution in [0.3, 0.4) is 0 Å². The molecule has 2 nitrogen and oxygen atoms in total. The van der Waals surface area contributed by atoms with E-state index in [0.717, 1.165) is 4.90 Å². The molecule has 0 aromatic heterocycles. The molecule has 0 radical (unpaired) electrons.